The zero-order valence-corrected chi connectivity index (χ0v) is 12.6. The van der Waals surface area contributed by atoms with Gasteiger partial charge < -0.3 is 9.80 Å². The van der Waals surface area contributed by atoms with Crippen LogP contribution in [0.15, 0.2) is 24.2 Å². The van der Waals surface area contributed by atoms with E-state index in [1.54, 1.807) is 11.3 Å². The molecule has 1 atom stereocenters. The van der Waals surface area contributed by atoms with E-state index in [4.69, 9.17) is 0 Å². The summed E-state index contributed by atoms with van der Waals surface area (Å²) in [5.74, 6) is 0.289. The Hall–Kier alpha value is -1.36. The molecule has 2 aliphatic rings. The molecule has 1 unspecified atom stereocenters. The maximum Gasteiger partial charge on any atom is 0.223 e. The van der Waals surface area contributed by atoms with Crippen molar-refractivity contribution in [1.82, 2.24) is 9.88 Å². The molecule has 0 aliphatic carbocycles. The molecule has 3 rings (SSSR count). The largest absolute Gasteiger partial charge is 0.346 e. The van der Waals surface area contributed by atoms with Gasteiger partial charge in [-0.3, -0.25) is 4.79 Å². The van der Waals surface area contributed by atoms with Crippen LogP contribution in [-0.2, 0) is 4.79 Å². The zero-order valence-electron chi connectivity index (χ0n) is 11.8. The standard InChI is InChI=1S/C15H21N3OS/c1-2-9-18-13(19)5-3-6-15(18)7-4-10-17(12-15)14-16-8-11-20-14/h2,8,11H,1,3-7,9-10,12H2. The van der Waals surface area contributed by atoms with E-state index in [-0.39, 0.29) is 11.4 Å². The molecular formula is C15H21N3OS. The number of carbonyl (C=O) groups excluding carboxylic acids is 1. The Balaban J connectivity index is 1.85. The summed E-state index contributed by atoms with van der Waals surface area (Å²) in [6, 6.07) is 0. The summed E-state index contributed by atoms with van der Waals surface area (Å²) < 4.78 is 0. The Morgan fingerprint density at radius 1 is 1.45 bits per heavy atom. The van der Waals surface area contributed by atoms with Gasteiger partial charge in [0.2, 0.25) is 5.91 Å². The van der Waals surface area contributed by atoms with Gasteiger partial charge in [0.05, 0.1) is 5.54 Å². The Bertz CT molecular complexity index is 483. The van der Waals surface area contributed by atoms with Crippen molar-refractivity contribution in [2.45, 2.75) is 37.6 Å². The molecule has 3 heterocycles. The van der Waals surface area contributed by atoms with Crippen molar-refractivity contribution in [2.24, 2.45) is 0 Å². The Morgan fingerprint density at radius 2 is 2.30 bits per heavy atom. The fourth-order valence-electron chi connectivity index (χ4n) is 3.60. The number of likely N-dealkylation sites (tertiary alicyclic amines) is 1. The molecule has 2 fully saturated rings. The first kappa shape index (κ1) is 13.6. The van der Waals surface area contributed by atoms with E-state index in [0.717, 1.165) is 43.9 Å². The molecule has 4 nitrogen and oxygen atoms in total. The normalized spacial score (nSPS) is 27.1. The number of carbonyl (C=O) groups is 1. The number of hydrogen-bond donors (Lipinski definition) is 0. The molecule has 1 aromatic rings. The first-order valence-electron chi connectivity index (χ1n) is 7.31. The molecule has 0 saturated carbocycles. The van der Waals surface area contributed by atoms with Gasteiger partial charge in [-0.2, -0.15) is 0 Å². The van der Waals surface area contributed by atoms with Gasteiger partial charge in [-0.25, -0.2) is 4.98 Å². The summed E-state index contributed by atoms with van der Waals surface area (Å²) in [5.41, 5.74) is -0.00650. The highest BCUT2D eigenvalue weighted by Gasteiger charge is 2.44. The second kappa shape index (κ2) is 5.56. The van der Waals surface area contributed by atoms with Gasteiger partial charge in [-0.1, -0.05) is 6.08 Å². The third kappa shape index (κ3) is 2.35. The van der Waals surface area contributed by atoms with Crippen LogP contribution in [0.4, 0.5) is 5.13 Å². The van der Waals surface area contributed by atoms with Crippen LogP contribution >= 0.6 is 11.3 Å². The number of amides is 1. The fraction of sp³-hybridized carbons (Fsp3) is 0.600. The van der Waals surface area contributed by atoms with Gasteiger partial charge in [0.25, 0.3) is 0 Å². The van der Waals surface area contributed by atoms with E-state index in [2.05, 4.69) is 21.4 Å². The Labute approximate surface area is 124 Å². The van der Waals surface area contributed by atoms with Crippen LogP contribution in [0.1, 0.15) is 32.1 Å². The lowest BCUT2D eigenvalue weighted by Crippen LogP contribution is -2.62. The summed E-state index contributed by atoms with van der Waals surface area (Å²) in [7, 11) is 0. The van der Waals surface area contributed by atoms with Crippen molar-refractivity contribution in [1.29, 1.82) is 0 Å². The smallest absolute Gasteiger partial charge is 0.223 e. The third-order valence-electron chi connectivity index (χ3n) is 4.46. The topological polar surface area (TPSA) is 36.4 Å². The van der Waals surface area contributed by atoms with E-state index in [9.17, 15) is 4.79 Å². The van der Waals surface area contributed by atoms with E-state index in [1.807, 2.05) is 17.7 Å². The maximum atomic E-state index is 12.3. The van der Waals surface area contributed by atoms with Gasteiger partial charge >= 0.3 is 0 Å². The molecular weight excluding hydrogens is 270 g/mol. The van der Waals surface area contributed by atoms with Crippen molar-refractivity contribution in [3.8, 4) is 0 Å². The quantitative estimate of drug-likeness (QED) is 0.803. The fourth-order valence-corrected chi connectivity index (χ4v) is 4.27. The molecule has 0 bridgehead atoms. The number of rotatable bonds is 3. The van der Waals surface area contributed by atoms with Crippen LogP contribution in [0, 0.1) is 0 Å². The maximum absolute atomic E-state index is 12.3. The minimum Gasteiger partial charge on any atom is -0.346 e. The van der Waals surface area contributed by atoms with Crippen LogP contribution in [0.2, 0.25) is 0 Å². The zero-order chi connectivity index (χ0) is 14.0. The molecule has 1 aromatic heterocycles. The number of piperidine rings is 2. The van der Waals surface area contributed by atoms with E-state index < -0.39 is 0 Å². The Morgan fingerprint density at radius 3 is 3.05 bits per heavy atom. The lowest BCUT2D eigenvalue weighted by Gasteiger charge is -2.51. The predicted molar refractivity (Wildman–Crippen MR) is 82.1 cm³/mol. The van der Waals surface area contributed by atoms with E-state index in [0.29, 0.717) is 13.0 Å². The average Bonchev–Trinajstić information content (AvgIpc) is 2.98. The molecule has 108 valence electrons. The van der Waals surface area contributed by atoms with E-state index in [1.165, 1.54) is 0 Å². The van der Waals surface area contributed by atoms with Gasteiger partial charge in [-0.15, -0.1) is 17.9 Å². The molecule has 1 amide bonds. The average molecular weight is 291 g/mol. The van der Waals surface area contributed by atoms with Crippen molar-refractivity contribution < 1.29 is 4.79 Å². The van der Waals surface area contributed by atoms with Crippen molar-refractivity contribution >= 4 is 22.4 Å². The van der Waals surface area contributed by atoms with Crippen molar-refractivity contribution in [3.63, 3.8) is 0 Å². The number of nitrogens with zero attached hydrogens (tertiary/aromatic N) is 3. The van der Waals surface area contributed by atoms with Crippen LogP contribution in [-0.4, -0.2) is 41.0 Å². The molecule has 0 N–H and O–H groups in total. The highest BCUT2D eigenvalue weighted by atomic mass is 32.1. The number of hydrogen-bond acceptors (Lipinski definition) is 4. The van der Waals surface area contributed by atoms with Crippen molar-refractivity contribution in [3.05, 3.63) is 24.2 Å². The van der Waals surface area contributed by atoms with Crippen LogP contribution in [0.3, 0.4) is 0 Å². The van der Waals surface area contributed by atoms with Gasteiger partial charge in [0, 0.05) is 37.6 Å². The van der Waals surface area contributed by atoms with E-state index >= 15 is 0 Å². The Kier molecular flexibility index (Phi) is 3.78. The minimum atomic E-state index is -0.00650. The van der Waals surface area contributed by atoms with Crippen LogP contribution in [0.5, 0.6) is 0 Å². The highest BCUT2D eigenvalue weighted by molar-refractivity contribution is 7.13. The van der Waals surface area contributed by atoms with Gasteiger partial charge in [0.15, 0.2) is 5.13 Å². The van der Waals surface area contributed by atoms with Crippen LogP contribution < -0.4 is 4.90 Å². The predicted octanol–water partition coefficient (Wildman–Crippen LogP) is 2.68. The first-order valence-corrected chi connectivity index (χ1v) is 8.19. The molecule has 0 aromatic carbocycles. The van der Waals surface area contributed by atoms with Crippen molar-refractivity contribution in [2.75, 3.05) is 24.5 Å². The second-order valence-corrected chi connectivity index (χ2v) is 6.58. The summed E-state index contributed by atoms with van der Waals surface area (Å²) in [6.07, 6.45) is 8.75. The third-order valence-corrected chi connectivity index (χ3v) is 5.30. The lowest BCUT2D eigenvalue weighted by atomic mass is 9.79. The second-order valence-electron chi connectivity index (χ2n) is 5.71. The summed E-state index contributed by atoms with van der Waals surface area (Å²) in [5, 5.41) is 3.10. The molecule has 20 heavy (non-hydrogen) atoms. The SMILES string of the molecule is C=CCN1C(=O)CCCC12CCCN(c1nccs1)C2. The molecule has 2 saturated heterocycles. The molecule has 2 aliphatic heterocycles. The number of thiazole rings is 1. The summed E-state index contributed by atoms with van der Waals surface area (Å²) in [4.78, 5) is 21.1. The summed E-state index contributed by atoms with van der Waals surface area (Å²) >= 11 is 1.68. The van der Waals surface area contributed by atoms with Crippen LogP contribution in [0.25, 0.3) is 0 Å². The number of aromatic nitrogens is 1. The lowest BCUT2D eigenvalue weighted by molar-refractivity contribution is -0.141. The highest BCUT2D eigenvalue weighted by Crippen LogP contribution is 2.38. The molecule has 1 spiro atoms. The first-order chi connectivity index (χ1) is 9.75. The molecule has 0 radical (unpaired) electrons. The summed E-state index contributed by atoms with van der Waals surface area (Å²) in [6.45, 7) is 6.45. The minimum absolute atomic E-state index is 0.00650. The number of anilines is 1. The molecule has 5 heteroatoms. The van der Waals surface area contributed by atoms with Gasteiger partial charge in [-0.05, 0) is 25.7 Å². The monoisotopic (exact) mass is 291 g/mol. The van der Waals surface area contributed by atoms with Gasteiger partial charge in [0.1, 0.15) is 0 Å².